The van der Waals surface area contributed by atoms with E-state index >= 15 is 0 Å². The lowest BCUT2D eigenvalue weighted by Crippen LogP contribution is -2.38. The van der Waals surface area contributed by atoms with Crippen molar-refractivity contribution in [3.8, 4) is 0 Å². The molecule has 0 fully saturated rings. The van der Waals surface area contributed by atoms with Gasteiger partial charge < -0.3 is 5.73 Å². The van der Waals surface area contributed by atoms with E-state index in [1.54, 1.807) is 0 Å². The molecule has 86 valence electrons. The first-order valence-corrected chi connectivity index (χ1v) is 6.08. The maximum atomic E-state index is 5.89. The van der Waals surface area contributed by atoms with E-state index in [0.717, 1.165) is 12.1 Å². The van der Waals surface area contributed by atoms with E-state index in [4.69, 9.17) is 18.0 Å². The van der Waals surface area contributed by atoms with Crippen LogP contribution in [0, 0.1) is 5.41 Å². The van der Waals surface area contributed by atoms with Crippen LogP contribution >= 0.6 is 12.2 Å². The van der Waals surface area contributed by atoms with Gasteiger partial charge in [-0.1, -0.05) is 39.1 Å². The van der Waals surface area contributed by atoms with Crippen molar-refractivity contribution in [1.29, 1.82) is 0 Å². The molecule has 1 aliphatic rings. The van der Waals surface area contributed by atoms with Crippen LogP contribution in [-0.4, -0.2) is 9.97 Å². The number of nitrogens with two attached hydrogens (primary N) is 1. The van der Waals surface area contributed by atoms with Gasteiger partial charge in [0.25, 0.3) is 0 Å². The van der Waals surface area contributed by atoms with Crippen molar-refractivity contribution in [2.75, 3.05) is 0 Å². The van der Waals surface area contributed by atoms with E-state index in [2.05, 4.69) is 31.8 Å². The Kier molecular flexibility index (Phi) is 2.74. The van der Waals surface area contributed by atoms with Crippen LogP contribution < -0.4 is 5.73 Å². The molecule has 2 nitrogen and oxygen atoms in total. The molecule has 0 spiro atoms. The Hall–Kier alpha value is -0.960. The lowest BCUT2D eigenvalue weighted by Gasteiger charge is -2.41. The molecule has 0 amide bonds. The minimum atomic E-state index is 0.104. The second kappa shape index (κ2) is 3.81. The molecule has 0 saturated carbocycles. The highest BCUT2D eigenvalue weighted by molar-refractivity contribution is 7.80. The summed E-state index contributed by atoms with van der Waals surface area (Å²) in [7, 11) is 0. The molecule has 2 N–H and O–H groups in total. The van der Waals surface area contributed by atoms with Gasteiger partial charge in [-0.2, -0.15) is 0 Å². The molecule has 0 bridgehead atoms. The highest BCUT2D eigenvalue weighted by Crippen LogP contribution is 2.49. The Bertz CT molecular complexity index is 426. The normalized spacial score (nSPS) is 27.2. The molecule has 1 aromatic rings. The van der Waals surface area contributed by atoms with E-state index in [-0.39, 0.29) is 11.3 Å². The zero-order chi connectivity index (χ0) is 11.9. The van der Waals surface area contributed by atoms with Crippen LogP contribution in [0.4, 0.5) is 0 Å². The predicted octanol–water partition coefficient (Wildman–Crippen LogP) is 2.98. The molecule has 16 heavy (non-hydrogen) atoms. The van der Waals surface area contributed by atoms with Gasteiger partial charge in [-0.05, 0) is 29.4 Å². The Labute approximate surface area is 102 Å². The monoisotopic (exact) mass is 234 g/mol. The minimum absolute atomic E-state index is 0.104. The molecular formula is C13H18N2S. The maximum absolute atomic E-state index is 5.89. The molecule has 1 aromatic heterocycles. The van der Waals surface area contributed by atoms with Crippen LogP contribution in [0.2, 0.25) is 0 Å². The zero-order valence-electron chi connectivity index (χ0n) is 10.0. The number of fused-ring (bicyclic) bond motifs is 1. The summed E-state index contributed by atoms with van der Waals surface area (Å²) in [5, 5.41) is 0. The Morgan fingerprint density at radius 1 is 1.56 bits per heavy atom. The van der Waals surface area contributed by atoms with Crippen molar-refractivity contribution >= 4 is 17.2 Å². The average molecular weight is 234 g/mol. The standard InChI is InChI=1S/C13H18N2S/c1-8-7-13(2,3)10(12(14)16)11-9(8)5-4-6-15-11/h4-6,8,10H,7H2,1-3H3,(H2,14,16). The molecule has 2 rings (SSSR count). The SMILES string of the molecule is CC1CC(C)(C)C(C(N)=S)c2ncccc21. The summed E-state index contributed by atoms with van der Waals surface area (Å²) < 4.78 is 0. The highest BCUT2D eigenvalue weighted by atomic mass is 32.1. The molecule has 2 unspecified atom stereocenters. The van der Waals surface area contributed by atoms with E-state index in [1.807, 2.05) is 12.3 Å². The molecular weight excluding hydrogens is 216 g/mol. The van der Waals surface area contributed by atoms with E-state index in [0.29, 0.717) is 10.9 Å². The van der Waals surface area contributed by atoms with E-state index in [9.17, 15) is 0 Å². The second-order valence-electron chi connectivity index (χ2n) is 5.41. The Morgan fingerprint density at radius 3 is 2.88 bits per heavy atom. The molecule has 2 atom stereocenters. The Balaban J connectivity index is 2.59. The summed E-state index contributed by atoms with van der Waals surface area (Å²) >= 11 is 5.22. The molecule has 1 aliphatic carbocycles. The summed E-state index contributed by atoms with van der Waals surface area (Å²) in [4.78, 5) is 5.07. The van der Waals surface area contributed by atoms with Gasteiger partial charge in [0.15, 0.2) is 0 Å². The third kappa shape index (κ3) is 1.73. The Morgan fingerprint density at radius 2 is 2.25 bits per heavy atom. The fourth-order valence-electron chi connectivity index (χ4n) is 2.99. The van der Waals surface area contributed by atoms with Crippen LogP contribution in [0.15, 0.2) is 18.3 Å². The summed E-state index contributed by atoms with van der Waals surface area (Å²) in [5.74, 6) is 0.638. The van der Waals surface area contributed by atoms with Crippen LogP contribution in [0.25, 0.3) is 0 Å². The lowest BCUT2D eigenvalue weighted by molar-refractivity contribution is 0.264. The van der Waals surface area contributed by atoms with E-state index < -0.39 is 0 Å². The van der Waals surface area contributed by atoms with Gasteiger partial charge >= 0.3 is 0 Å². The largest absolute Gasteiger partial charge is 0.393 e. The number of pyridine rings is 1. The average Bonchev–Trinajstić information content (AvgIpc) is 2.15. The van der Waals surface area contributed by atoms with Crippen LogP contribution in [0.5, 0.6) is 0 Å². The predicted molar refractivity (Wildman–Crippen MR) is 70.6 cm³/mol. The number of hydrogen-bond acceptors (Lipinski definition) is 2. The first-order valence-electron chi connectivity index (χ1n) is 5.67. The molecule has 0 radical (unpaired) electrons. The summed E-state index contributed by atoms with van der Waals surface area (Å²) in [6.07, 6.45) is 2.94. The summed E-state index contributed by atoms with van der Waals surface area (Å²) in [5.41, 5.74) is 8.39. The van der Waals surface area contributed by atoms with Crippen molar-refractivity contribution in [1.82, 2.24) is 4.98 Å². The maximum Gasteiger partial charge on any atom is 0.0824 e. The third-order valence-electron chi connectivity index (χ3n) is 3.57. The lowest BCUT2D eigenvalue weighted by atomic mass is 9.64. The smallest absolute Gasteiger partial charge is 0.0824 e. The molecule has 0 aliphatic heterocycles. The number of rotatable bonds is 1. The summed E-state index contributed by atoms with van der Waals surface area (Å²) in [6.45, 7) is 6.70. The number of nitrogens with zero attached hydrogens (tertiary/aromatic N) is 1. The van der Waals surface area contributed by atoms with Gasteiger partial charge in [0, 0.05) is 6.20 Å². The van der Waals surface area contributed by atoms with Crippen molar-refractivity contribution in [2.45, 2.75) is 39.0 Å². The fraction of sp³-hybridized carbons (Fsp3) is 0.538. The number of hydrogen-bond donors (Lipinski definition) is 1. The zero-order valence-corrected chi connectivity index (χ0v) is 10.8. The van der Waals surface area contributed by atoms with Gasteiger partial charge in [-0.25, -0.2) is 0 Å². The van der Waals surface area contributed by atoms with Crippen molar-refractivity contribution in [3.63, 3.8) is 0 Å². The van der Waals surface area contributed by atoms with Gasteiger partial charge in [0.2, 0.25) is 0 Å². The van der Waals surface area contributed by atoms with E-state index in [1.165, 1.54) is 5.56 Å². The molecule has 3 heteroatoms. The number of aromatic nitrogens is 1. The van der Waals surface area contributed by atoms with Crippen molar-refractivity contribution in [2.24, 2.45) is 11.1 Å². The molecule has 0 saturated heterocycles. The molecule has 1 heterocycles. The van der Waals surface area contributed by atoms with Gasteiger partial charge in [-0.3, -0.25) is 4.98 Å². The van der Waals surface area contributed by atoms with Gasteiger partial charge in [0.05, 0.1) is 16.6 Å². The van der Waals surface area contributed by atoms with Crippen LogP contribution in [-0.2, 0) is 0 Å². The van der Waals surface area contributed by atoms with Crippen LogP contribution in [0.3, 0.4) is 0 Å². The topological polar surface area (TPSA) is 38.9 Å². The first kappa shape index (κ1) is 11.5. The fourth-order valence-corrected chi connectivity index (χ4v) is 3.43. The highest BCUT2D eigenvalue weighted by Gasteiger charge is 2.41. The van der Waals surface area contributed by atoms with Gasteiger partial charge in [-0.15, -0.1) is 0 Å². The van der Waals surface area contributed by atoms with Crippen molar-refractivity contribution in [3.05, 3.63) is 29.6 Å². The minimum Gasteiger partial charge on any atom is -0.393 e. The van der Waals surface area contributed by atoms with Gasteiger partial charge in [0.1, 0.15) is 0 Å². The number of thiocarbonyl (C=S) groups is 1. The second-order valence-corrected chi connectivity index (χ2v) is 5.88. The third-order valence-corrected chi connectivity index (χ3v) is 3.81. The summed E-state index contributed by atoms with van der Waals surface area (Å²) in [6, 6.07) is 4.14. The van der Waals surface area contributed by atoms with Crippen LogP contribution in [0.1, 0.15) is 50.3 Å². The molecule has 0 aromatic carbocycles. The first-order chi connectivity index (χ1) is 7.43. The quantitative estimate of drug-likeness (QED) is 0.759. The van der Waals surface area contributed by atoms with Crippen molar-refractivity contribution < 1.29 is 0 Å².